The van der Waals surface area contributed by atoms with Crippen molar-refractivity contribution >= 4 is 29.2 Å². The average molecular weight is 399 g/mol. The molecule has 26 heavy (non-hydrogen) atoms. The normalized spacial score (nSPS) is 11.8. The van der Waals surface area contributed by atoms with Crippen molar-refractivity contribution < 1.29 is 24.1 Å². The molecule has 0 aliphatic rings. The molecule has 0 radical (unpaired) electrons. The summed E-state index contributed by atoms with van der Waals surface area (Å²) in [5, 5.41) is 10.0. The molecule has 1 atom stereocenters. The zero-order valence-corrected chi connectivity index (χ0v) is 16.0. The maximum absolute atomic E-state index is 11.1. The van der Waals surface area contributed by atoms with Gasteiger partial charge in [0.25, 0.3) is 0 Å². The van der Waals surface area contributed by atoms with Gasteiger partial charge in [0, 0.05) is 18.2 Å². The maximum atomic E-state index is 11.1. The predicted octanol–water partition coefficient (Wildman–Crippen LogP) is 5.13. The van der Waals surface area contributed by atoms with Gasteiger partial charge in [-0.2, -0.15) is 0 Å². The molecule has 0 aromatic heterocycles. The first-order valence-electron chi connectivity index (χ1n) is 8.02. The molecule has 0 heterocycles. The first kappa shape index (κ1) is 20.4. The molecule has 0 fully saturated rings. The molecule has 2 aromatic rings. The van der Waals surface area contributed by atoms with Crippen molar-refractivity contribution in [2.45, 2.75) is 26.1 Å². The number of halogens is 2. The maximum Gasteiger partial charge on any atom is 0.306 e. The number of rotatable bonds is 9. The van der Waals surface area contributed by atoms with Crippen LogP contribution in [0.5, 0.6) is 11.5 Å². The van der Waals surface area contributed by atoms with Crippen LogP contribution in [-0.2, 0) is 16.1 Å². The van der Waals surface area contributed by atoms with Gasteiger partial charge in [-0.3, -0.25) is 4.79 Å². The van der Waals surface area contributed by atoms with Crippen LogP contribution in [-0.4, -0.2) is 24.8 Å². The summed E-state index contributed by atoms with van der Waals surface area (Å²) in [6, 6.07) is 10.5. The van der Waals surface area contributed by atoms with Crippen LogP contribution in [0.2, 0.25) is 10.0 Å². The van der Waals surface area contributed by atoms with Crippen LogP contribution >= 0.6 is 23.2 Å². The summed E-state index contributed by atoms with van der Waals surface area (Å²) in [6.45, 7) is 2.52. The van der Waals surface area contributed by atoms with Gasteiger partial charge in [0.05, 0.1) is 29.7 Å². The first-order valence-corrected chi connectivity index (χ1v) is 8.78. The number of ether oxygens (including phenoxy) is 3. The second-order valence-corrected chi connectivity index (χ2v) is 6.30. The van der Waals surface area contributed by atoms with Crippen LogP contribution in [0.1, 0.15) is 30.6 Å². The third-order valence-electron chi connectivity index (χ3n) is 3.67. The highest BCUT2D eigenvalue weighted by Gasteiger charge is 2.20. The van der Waals surface area contributed by atoms with Gasteiger partial charge in [-0.1, -0.05) is 29.3 Å². The number of carboxylic acid groups (broad SMARTS) is 1. The minimum Gasteiger partial charge on any atom is -0.496 e. The highest BCUT2D eigenvalue weighted by atomic mass is 35.5. The van der Waals surface area contributed by atoms with Crippen molar-refractivity contribution in [3.8, 4) is 11.5 Å². The zero-order valence-electron chi connectivity index (χ0n) is 14.5. The van der Waals surface area contributed by atoms with Crippen molar-refractivity contribution in [1.29, 1.82) is 0 Å². The molecule has 0 aliphatic heterocycles. The number of carboxylic acids is 1. The third kappa shape index (κ3) is 5.53. The summed E-state index contributed by atoms with van der Waals surface area (Å²) in [5.41, 5.74) is 1.54. The van der Waals surface area contributed by atoms with Crippen LogP contribution < -0.4 is 9.47 Å². The van der Waals surface area contributed by atoms with Crippen molar-refractivity contribution in [3.63, 3.8) is 0 Å². The summed E-state index contributed by atoms with van der Waals surface area (Å²) in [4.78, 5) is 11.1. The van der Waals surface area contributed by atoms with Gasteiger partial charge in [0.15, 0.2) is 0 Å². The Labute approximate surface area is 162 Å². The monoisotopic (exact) mass is 398 g/mol. The van der Waals surface area contributed by atoms with Crippen molar-refractivity contribution in [3.05, 3.63) is 57.6 Å². The molecule has 5 nitrogen and oxygen atoms in total. The lowest BCUT2D eigenvalue weighted by atomic mass is 10.0. The number of hydrogen-bond acceptors (Lipinski definition) is 4. The van der Waals surface area contributed by atoms with E-state index in [1.165, 1.54) is 7.11 Å². The molecular formula is C19H20Cl2O5. The number of carbonyl (C=O) groups is 1. The molecule has 2 aromatic carbocycles. The zero-order chi connectivity index (χ0) is 19.1. The molecule has 7 heteroatoms. The molecule has 0 aliphatic carbocycles. The van der Waals surface area contributed by atoms with Crippen LogP contribution in [0.25, 0.3) is 0 Å². The molecular weight excluding hydrogens is 379 g/mol. The molecule has 0 saturated heterocycles. The van der Waals surface area contributed by atoms with E-state index in [0.29, 0.717) is 40.3 Å². The van der Waals surface area contributed by atoms with E-state index < -0.39 is 12.1 Å². The molecule has 0 bridgehead atoms. The van der Waals surface area contributed by atoms with Crippen molar-refractivity contribution in [1.82, 2.24) is 0 Å². The SMILES string of the molecule is CCO[C@H](CC(=O)O)c1ccc(OCc2ccc(Cl)c(Cl)c2)cc1OC. The van der Waals surface area contributed by atoms with Crippen LogP contribution in [0.15, 0.2) is 36.4 Å². The van der Waals surface area contributed by atoms with Gasteiger partial charge in [-0.05, 0) is 36.8 Å². The summed E-state index contributed by atoms with van der Waals surface area (Å²) >= 11 is 11.9. The van der Waals surface area contributed by atoms with E-state index in [0.717, 1.165) is 5.56 Å². The average Bonchev–Trinajstić information content (AvgIpc) is 2.61. The number of benzene rings is 2. The summed E-state index contributed by atoms with van der Waals surface area (Å²) in [7, 11) is 1.52. The lowest BCUT2D eigenvalue weighted by molar-refractivity contribution is -0.140. The van der Waals surface area contributed by atoms with Crippen LogP contribution in [0.3, 0.4) is 0 Å². The molecule has 140 valence electrons. The van der Waals surface area contributed by atoms with Gasteiger partial charge >= 0.3 is 5.97 Å². The topological polar surface area (TPSA) is 65.0 Å². The second kappa shape index (κ2) is 9.67. The summed E-state index contributed by atoms with van der Waals surface area (Å²) < 4.78 is 16.7. The van der Waals surface area contributed by atoms with Gasteiger partial charge < -0.3 is 19.3 Å². The van der Waals surface area contributed by atoms with Crippen LogP contribution in [0, 0.1) is 0 Å². The van der Waals surface area contributed by atoms with Gasteiger partial charge in [0.1, 0.15) is 18.1 Å². The standard InChI is InChI=1S/C19H20Cl2O5/c1-3-25-18(10-19(22)23)14-6-5-13(9-17(14)24-2)26-11-12-4-7-15(20)16(21)8-12/h4-9,18H,3,10-11H2,1-2H3,(H,22,23)/t18-/m1/s1. The largest absolute Gasteiger partial charge is 0.496 e. The van der Waals surface area contributed by atoms with Gasteiger partial charge in [0.2, 0.25) is 0 Å². The lowest BCUT2D eigenvalue weighted by Gasteiger charge is -2.19. The Morgan fingerprint density at radius 1 is 1.15 bits per heavy atom. The number of methoxy groups -OCH3 is 1. The van der Waals surface area contributed by atoms with Gasteiger partial charge in [-0.25, -0.2) is 0 Å². The fraction of sp³-hybridized carbons (Fsp3) is 0.316. The fourth-order valence-corrected chi connectivity index (χ4v) is 2.78. The Hall–Kier alpha value is -1.95. The second-order valence-electron chi connectivity index (χ2n) is 5.48. The lowest BCUT2D eigenvalue weighted by Crippen LogP contribution is -2.11. The van der Waals surface area contributed by atoms with E-state index in [9.17, 15) is 4.79 Å². The highest BCUT2D eigenvalue weighted by molar-refractivity contribution is 6.42. The Bertz CT molecular complexity index is 764. The number of aliphatic carboxylic acids is 1. The van der Waals surface area contributed by atoms with Crippen molar-refractivity contribution in [2.75, 3.05) is 13.7 Å². The van der Waals surface area contributed by atoms with E-state index in [1.807, 2.05) is 13.0 Å². The van der Waals surface area contributed by atoms with E-state index in [4.69, 9.17) is 42.5 Å². The van der Waals surface area contributed by atoms with E-state index in [2.05, 4.69) is 0 Å². The predicted molar refractivity (Wildman–Crippen MR) is 100 cm³/mol. The molecule has 0 spiro atoms. The smallest absolute Gasteiger partial charge is 0.306 e. The Balaban J connectivity index is 2.15. The Morgan fingerprint density at radius 3 is 2.54 bits per heavy atom. The molecule has 0 unspecified atom stereocenters. The fourth-order valence-electron chi connectivity index (χ4n) is 2.46. The summed E-state index contributed by atoms with van der Waals surface area (Å²) in [5.74, 6) is 0.157. The third-order valence-corrected chi connectivity index (χ3v) is 4.41. The van der Waals surface area contributed by atoms with Crippen LogP contribution in [0.4, 0.5) is 0 Å². The molecule has 0 amide bonds. The minimum atomic E-state index is -0.939. The molecule has 2 rings (SSSR count). The van der Waals surface area contributed by atoms with E-state index >= 15 is 0 Å². The minimum absolute atomic E-state index is 0.145. The number of hydrogen-bond donors (Lipinski definition) is 1. The van der Waals surface area contributed by atoms with Gasteiger partial charge in [-0.15, -0.1) is 0 Å². The first-order chi connectivity index (χ1) is 12.4. The Kier molecular flexibility index (Phi) is 7.57. The highest BCUT2D eigenvalue weighted by Crippen LogP contribution is 2.33. The molecule has 0 saturated carbocycles. The quantitative estimate of drug-likeness (QED) is 0.633. The van der Waals surface area contributed by atoms with E-state index in [1.54, 1.807) is 30.3 Å². The Morgan fingerprint density at radius 2 is 1.92 bits per heavy atom. The summed E-state index contributed by atoms with van der Waals surface area (Å²) in [6.07, 6.45) is -0.732. The van der Waals surface area contributed by atoms with Crippen molar-refractivity contribution in [2.24, 2.45) is 0 Å². The molecule has 1 N–H and O–H groups in total. The van der Waals surface area contributed by atoms with E-state index in [-0.39, 0.29) is 6.42 Å².